The molecule has 8 atom stereocenters. The Balaban J connectivity index is 1.60. The Kier molecular flexibility index (Phi) is 5.15. The number of ketones is 2. The molecule has 5 aliphatic rings. The van der Waals surface area contributed by atoms with Crippen molar-refractivity contribution >= 4 is 17.5 Å². The van der Waals surface area contributed by atoms with E-state index in [1.54, 1.807) is 0 Å². The van der Waals surface area contributed by atoms with Gasteiger partial charge in [0.25, 0.3) is 0 Å². The Morgan fingerprint density at radius 3 is 2.29 bits per heavy atom. The number of nitriles is 1. The second-order valence-electron chi connectivity index (χ2n) is 14.6. The lowest BCUT2D eigenvalue weighted by molar-refractivity contribution is -0.191. The van der Waals surface area contributed by atoms with E-state index in [9.17, 15) is 19.6 Å². The second-order valence-corrected chi connectivity index (χ2v) is 14.6. The zero-order chi connectivity index (χ0) is 25.8. The number of Topliss-reactive ketones (excluding diaryl/α,β-unsaturated/α-hetero) is 2. The van der Waals surface area contributed by atoms with Crippen molar-refractivity contribution in [3.8, 4) is 6.07 Å². The number of carbonyl (C=O) groups is 3. The number of allylic oxidation sites excluding steroid dienone is 2. The molecule has 5 nitrogen and oxygen atoms in total. The van der Waals surface area contributed by atoms with E-state index in [0.29, 0.717) is 6.42 Å². The molecule has 0 saturated heterocycles. The fraction of sp³-hybridized carbons (Fsp3) is 0.800. The van der Waals surface area contributed by atoms with Crippen LogP contribution in [0.5, 0.6) is 0 Å². The van der Waals surface area contributed by atoms with Crippen molar-refractivity contribution in [1.82, 2.24) is 0 Å². The van der Waals surface area contributed by atoms with Crippen LogP contribution in [0.3, 0.4) is 0 Å². The Labute approximate surface area is 210 Å². The molecule has 5 rings (SSSR count). The molecule has 0 aliphatic heterocycles. The van der Waals surface area contributed by atoms with Crippen LogP contribution in [0.1, 0.15) is 92.9 Å². The summed E-state index contributed by atoms with van der Waals surface area (Å²) in [6.07, 6.45) is 8.61. The Hall–Kier alpha value is -1.96. The molecule has 0 aromatic rings. The van der Waals surface area contributed by atoms with Gasteiger partial charge in [-0.05, 0) is 84.9 Å². The van der Waals surface area contributed by atoms with Crippen LogP contribution in [0.15, 0.2) is 11.6 Å². The fourth-order valence-corrected chi connectivity index (χ4v) is 10.3. The largest absolute Gasteiger partial charge is 0.369 e. The Morgan fingerprint density at radius 2 is 1.66 bits per heavy atom. The summed E-state index contributed by atoms with van der Waals surface area (Å²) in [7, 11) is 0. The number of hydrogen-bond acceptors (Lipinski definition) is 4. The highest BCUT2D eigenvalue weighted by molar-refractivity contribution is 6.04. The molecule has 8 unspecified atom stereocenters. The van der Waals surface area contributed by atoms with Crippen molar-refractivity contribution in [2.45, 2.75) is 92.9 Å². The van der Waals surface area contributed by atoms with Crippen molar-refractivity contribution < 1.29 is 14.4 Å². The highest BCUT2D eigenvalue weighted by atomic mass is 16.1. The first kappa shape index (κ1) is 24.7. The van der Waals surface area contributed by atoms with E-state index in [1.807, 2.05) is 19.9 Å². The number of amides is 1. The maximum Gasteiger partial charge on any atom is 0.223 e. The molecular formula is C30H42N2O3. The molecule has 4 fully saturated rings. The third kappa shape index (κ3) is 3.07. The van der Waals surface area contributed by atoms with Gasteiger partial charge in [0.1, 0.15) is 11.9 Å². The maximum absolute atomic E-state index is 14.1. The highest BCUT2D eigenvalue weighted by Gasteiger charge is 2.69. The van der Waals surface area contributed by atoms with E-state index in [0.717, 1.165) is 44.9 Å². The maximum atomic E-state index is 14.1. The van der Waals surface area contributed by atoms with Crippen molar-refractivity contribution in [3.05, 3.63) is 11.6 Å². The number of fused-ring (bicyclic) bond motifs is 7. The number of hydrogen-bond donors (Lipinski definition) is 1. The average Bonchev–Trinajstić information content (AvgIpc) is 2.76. The van der Waals surface area contributed by atoms with Gasteiger partial charge in [-0.25, -0.2) is 0 Å². The molecule has 0 spiro atoms. The number of carbonyl (C=O) groups excluding carboxylic acids is 3. The second kappa shape index (κ2) is 7.30. The molecule has 2 N–H and O–H groups in total. The quantitative estimate of drug-likeness (QED) is 0.546. The van der Waals surface area contributed by atoms with Gasteiger partial charge in [-0.15, -0.1) is 0 Å². The van der Waals surface area contributed by atoms with Gasteiger partial charge in [-0.3, -0.25) is 14.4 Å². The van der Waals surface area contributed by atoms with E-state index in [1.165, 1.54) is 0 Å². The zero-order valence-corrected chi connectivity index (χ0v) is 22.4. The first-order valence-electron chi connectivity index (χ1n) is 13.6. The standard InChI is InChI=1S/C30H42N2O3/c1-26(2)11-12-30(25(32)35)10-7-18-23(19(30)15-26)20(33)13-22-28(18,5)9-8-21-27(3,4)24(34)17(16-31)14-29(21,22)6/h14,18-19,21-23H,7-13,15H2,1-6H3,(H2,32,35). The molecule has 35 heavy (non-hydrogen) atoms. The summed E-state index contributed by atoms with van der Waals surface area (Å²) in [5.74, 6) is 0.356. The summed E-state index contributed by atoms with van der Waals surface area (Å²) in [6.45, 7) is 13.1. The molecule has 0 radical (unpaired) electrons. The van der Waals surface area contributed by atoms with Crippen LogP contribution < -0.4 is 5.73 Å². The Morgan fingerprint density at radius 1 is 0.971 bits per heavy atom. The highest BCUT2D eigenvalue weighted by Crippen LogP contribution is 2.71. The average molecular weight is 479 g/mol. The lowest BCUT2D eigenvalue weighted by atomic mass is 9.35. The van der Waals surface area contributed by atoms with E-state index < -0.39 is 10.8 Å². The van der Waals surface area contributed by atoms with Gasteiger partial charge in [0.15, 0.2) is 5.78 Å². The zero-order valence-electron chi connectivity index (χ0n) is 22.4. The normalized spacial score (nSPS) is 47.8. The molecule has 5 aliphatic carbocycles. The molecule has 1 amide bonds. The van der Waals surface area contributed by atoms with Crippen LogP contribution >= 0.6 is 0 Å². The van der Waals surface area contributed by atoms with Crippen LogP contribution in [0.25, 0.3) is 0 Å². The van der Waals surface area contributed by atoms with Crippen LogP contribution in [0, 0.1) is 68.0 Å². The van der Waals surface area contributed by atoms with Crippen molar-refractivity contribution in [1.29, 1.82) is 5.26 Å². The third-order valence-corrected chi connectivity index (χ3v) is 12.2. The van der Waals surface area contributed by atoms with Crippen LogP contribution in [0.2, 0.25) is 0 Å². The van der Waals surface area contributed by atoms with Gasteiger partial charge in [-0.1, -0.05) is 47.6 Å². The van der Waals surface area contributed by atoms with Gasteiger partial charge >= 0.3 is 0 Å². The molecule has 0 heterocycles. The van der Waals surface area contributed by atoms with E-state index in [4.69, 9.17) is 5.73 Å². The van der Waals surface area contributed by atoms with Gasteiger partial charge in [0.2, 0.25) is 5.91 Å². The smallest absolute Gasteiger partial charge is 0.223 e. The summed E-state index contributed by atoms with van der Waals surface area (Å²) in [5.41, 5.74) is 4.85. The summed E-state index contributed by atoms with van der Waals surface area (Å²) < 4.78 is 0. The number of nitrogens with zero attached hydrogens (tertiary/aromatic N) is 1. The first-order chi connectivity index (χ1) is 16.1. The summed E-state index contributed by atoms with van der Waals surface area (Å²) in [5, 5.41) is 9.81. The van der Waals surface area contributed by atoms with E-state index in [2.05, 4.69) is 33.8 Å². The minimum absolute atomic E-state index is 0.0212. The Bertz CT molecular complexity index is 1080. The first-order valence-corrected chi connectivity index (χ1v) is 13.6. The minimum Gasteiger partial charge on any atom is -0.369 e. The lowest BCUT2D eigenvalue weighted by Gasteiger charge is -2.67. The topological polar surface area (TPSA) is 101 Å². The van der Waals surface area contributed by atoms with Gasteiger partial charge in [-0.2, -0.15) is 5.26 Å². The number of primary amides is 1. The third-order valence-electron chi connectivity index (χ3n) is 12.2. The van der Waals surface area contributed by atoms with Crippen molar-refractivity contribution in [2.75, 3.05) is 0 Å². The van der Waals surface area contributed by atoms with Crippen molar-refractivity contribution in [3.63, 3.8) is 0 Å². The van der Waals surface area contributed by atoms with E-state index >= 15 is 0 Å². The molecule has 0 aromatic carbocycles. The van der Waals surface area contributed by atoms with Gasteiger partial charge in [0, 0.05) is 17.8 Å². The molecule has 190 valence electrons. The molecule has 0 bridgehead atoms. The predicted octanol–water partition coefficient (Wildman–Crippen LogP) is 5.38. The van der Waals surface area contributed by atoms with Crippen molar-refractivity contribution in [2.24, 2.45) is 62.4 Å². The van der Waals surface area contributed by atoms with Gasteiger partial charge in [0.05, 0.1) is 11.0 Å². The van der Waals surface area contributed by atoms with Crippen LogP contribution in [0.4, 0.5) is 0 Å². The van der Waals surface area contributed by atoms with E-state index in [-0.39, 0.29) is 68.9 Å². The summed E-state index contributed by atoms with van der Waals surface area (Å²) >= 11 is 0. The number of nitrogens with two attached hydrogens (primary N) is 1. The monoisotopic (exact) mass is 478 g/mol. The lowest BCUT2D eigenvalue weighted by Crippen LogP contribution is -2.66. The summed E-state index contributed by atoms with van der Waals surface area (Å²) in [6, 6.07) is 2.18. The van der Waals surface area contributed by atoms with Crippen LogP contribution in [-0.4, -0.2) is 17.5 Å². The van der Waals surface area contributed by atoms with Crippen LogP contribution in [-0.2, 0) is 14.4 Å². The minimum atomic E-state index is -0.614. The van der Waals surface area contributed by atoms with Gasteiger partial charge < -0.3 is 5.73 Å². The molecule has 5 heteroatoms. The SMILES string of the molecule is CC1(C)CCC2(C(N)=O)CCC3C(C(=O)CC4C5(C)C=C(C#N)C(=O)C(C)(C)C5CCC34C)C2C1. The predicted molar refractivity (Wildman–Crippen MR) is 133 cm³/mol. The molecule has 4 saturated carbocycles. The molecular weight excluding hydrogens is 436 g/mol. The molecule has 0 aromatic heterocycles. The fourth-order valence-electron chi connectivity index (χ4n) is 10.3. The number of rotatable bonds is 1. The summed E-state index contributed by atoms with van der Waals surface area (Å²) in [4.78, 5) is 40.2.